The number of carbonyl (C=O) groups is 1. The van der Waals surface area contributed by atoms with Gasteiger partial charge >= 0.3 is 5.97 Å². The number of rotatable bonds is 5. The van der Waals surface area contributed by atoms with Gasteiger partial charge in [-0.05, 0) is 19.4 Å². The van der Waals surface area contributed by atoms with E-state index in [2.05, 4.69) is 0 Å². The van der Waals surface area contributed by atoms with Gasteiger partial charge in [-0.2, -0.15) is 0 Å². The molecular formula is C13H17NO2. The van der Waals surface area contributed by atoms with Crippen LogP contribution in [0.25, 0.3) is 0 Å². The largest absolute Gasteiger partial charge is 0.478 e. The zero-order valence-corrected chi connectivity index (χ0v) is 9.63. The minimum absolute atomic E-state index is 0.274. The first-order chi connectivity index (χ1) is 7.59. The third kappa shape index (κ3) is 4.17. The molecule has 86 valence electrons. The van der Waals surface area contributed by atoms with Crippen LogP contribution in [-0.2, 0) is 11.3 Å². The van der Waals surface area contributed by atoms with Gasteiger partial charge < -0.3 is 10.0 Å². The van der Waals surface area contributed by atoms with E-state index in [9.17, 15) is 4.79 Å². The normalized spacial score (nSPS) is 10.9. The molecule has 0 heterocycles. The molecular weight excluding hydrogens is 202 g/mol. The summed E-state index contributed by atoms with van der Waals surface area (Å²) in [4.78, 5) is 12.5. The number of carboxylic acid groups (broad SMARTS) is 1. The fourth-order valence-electron chi connectivity index (χ4n) is 1.36. The van der Waals surface area contributed by atoms with Crippen LogP contribution in [0.1, 0.15) is 19.4 Å². The van der Waals surface area contributed by atoms with Gasteiger partial charge in [-0.1, -0.05) is 30.3 Å². The highest BCUT2D eigenvalue weighted by Crippen LogP contribution is 2.08. The Bertz CT molecular complexity index is 357. The molecule has 1 aromatic carbocycles. The Labute approximate surface area is 96.0 Å². The van der Waals surface area contributed by atoms with Gasteiger partial charge in [0.05, 0.1) is 0 Å². The summed E-state index contributed by atoms with van der Waals surface area (Å²) in [5, 5.41) is 8.60. The third-order valence-electron chi connectivity index (χ3n) is 2.28. The maximum Gasteiger partial charge on any atom is 0.329 e. The molecule has 0 atom stereocenters. The maximum absolute atomic E-state index is 10.5. The maximum atomic E-state index is 10.5. The zero-order valence-electron chi connectivity index (χ0n) is 9.63. The Hall–Kier alpha value is -1.77. The molecule has 0 spiro atoms. The molecule has 0 fully saturated rings. The number of benzene rings is 1. The molecule has 0 aromatic heterocycles. The Morgan fingerprint density at radius 3 is 2.50 bits per heavy atom. The van der Waals surface area contributed by atoms with Crippen LogP contribution in [-0.4, -0.2) is 22.0 Å². The Kier molecular flexibility index (Phi) is 4.58. The minimum Gasteiger partial charge on any atom is -0.478 e. The van der Waals surface area contributed by atoms with E-state index in [0.717, 1.165) is 6.54 Å². The monoisotopic (exact) mass is 219 g/mol. The van der Waals surface area contributed by atoms with Crippen LogP contribution in [0.15, 0.2) is 42.6 Å². The van der Waals surface area contributed by atoms with Crippen LogP contribution >= 0.6 is 0 Å². The van der Waals surface area contributed by atoms with E-state index < -0.39 is 5.97 Å². The van der Waals surface area contributed by atoms with Crippen LogP contribution in [0.2, 0.25) is 0 Å². The summed E-state index contributed by atoms with van der Waals surface area (Å²) in [5.41, 5.74) is 1.17. The summed E-state index contributed by atoms with van der Waals surface area (Å²) in [5.74, 6) is -0.918. The summed E-state index contributed by atoms with van der Waals surface area (Å²) < 4.78 is 0. The minimum atomic E-state index is -0.918. The van der Waals surface area contributed by atoms with Crippen molar-refractivity contribution in [3.05, 3.63) is 48.2 Å². The van der Waals surface area contributed by atoms with Crippen molar-refractivity contribution in [2.24, 2.45) is 0 Å². The van der Waals surface area contributed by atoms with Crippen molar-refractivity contribution in [1.82, 2.24) is 4.90 Å². The van der Waals surface area contributed by atoms with Gasteiger partial charge in [0.1, 0.15) is 0 Å². The van der Waals surface area contributed by atoms with Gasteiger partial charge in [0.2, 0.25) is 0 Å². The summed E-state index contributed by atoms with van der Waals surface area (Å²) >= 11 is 0. The fourth-order valence-corrected chi connectivity index (χ4v) is 1.36. The van der Waals surface area contributed by atoms with Crippen LogP contribution in [0.5, 0.6) is 0 Å². The lowest BCUT2D eigenvalue weighted by molar-refractivity contribution is -0.131. The summed E-state index contributed by atoms with van der Waals surface area (Å²) in [6, 6.07) is 10.3. The summed E-state index contributed by atoms with van der Waals surface area (Å²) in [7, 11) is 0. The standard InChI is InChI=1S/C13H17NO2/c1-11(2)14(9-8-13(15)16)10-12-6-4-3-5-7-12/h3-9,11H,10H2,1-2H3,(H,15,16). The molecule has 1 rings (SSSR count). The lowest BCUT2D eigenvalue weighted by atomic mass is 10.2. The summed E-state index contributed by atoms with van der Waals surface area (Å²) in [6.07, 6.45) is 2.79. The van der Waals surface area contributed by atoms with Crippen LogP contribution in [0, 0.1) is 0 Å². The van der Waals surface area contributed by atoms with E-state index in [1.165, 1.54) is 11.6 Å². The second kappa shape index (κ2) is 5.95. The molecule has 1 aromatic rings. The van der Waals surface area contributed by atoms with E-state index in [0.29, 0.717) is 0 Å². The molecule has 0 bridgehead atoms. The van der Waals surface area contributed by atoms with Crippen molar-refractivity contribution in [3.63, 3.8) is 0 Å². The first kappa shape index (κ1) is 12.3. The molecule has 0 amide bonds. The van der Waals surface area contributed by atoms with E-state index in [-0.39, 0.29) is 6.04 Å². The Morgan fingerprint density at radius 1 is 1.38 bits per heavy atom. The molecule has 3 heteroatoms. The van der Waals surface area contributed by atoms with Crippen LogP contribution < -0.4 is 0 Å². The van der Waals surface area contributed by atoms with Crippen LogP contribution in [0.3, 0.4) is 0 Å². The van der Waals surface area contributed by atoms with Crippen molar-refractivity contribution in [2.75, 3.05) is 0 Å². The molecule has 0 unspecified atom stereocenters. The number of nitrogens with zero attached hydrogens (tertiary/aromatic N) is 1. The highest BCUT2D eigenvalue weighted by atomic mass is 16.4. The number of carboxylic acids is 1. The number of hydrogen-bond donors (Lipinski definition) is 1. The average molecular weight is 219 g/mol. The van der Waals surface area contributed by atoms with Gasteiger partial charge in [-0.3, -0.25) is 0 Å². The first-order valence-corrected chi connectivity index (χ1v) is 5.30. The Balaban J connectivity index is 2.69. The molecule has 0 aliphatic heterocycles. The lowest BCUT2D eigenvalue weighted by Crippen LogP contribution is -2.25. The van der Waals surface area contributed by atoms with Crippen molar-refractivity contribution < 1.29 is 9.90 Å². The number of aliphatic carboxylic acids is 1. The van der Waals surface area contributed by atoms with E-state index in [1.807, 2.05) is 49.1 Å². The van der Waals surface area contributed by atoms with Gasteiger partial charge in [-0.25, -0.2) is 4.79 Å². The molecule has 0 aliphatic carbocycles. The molecule has 0 radical (unpaired) electrons. The van der Waals surface area contributed by atoms with Crippen molar-refractivity contribution in [2.45, 2.75) is 26.4 Å². The smallest absolute Gasteiger partial charge is 0.329 e. The highest BCUT2D eigenvalue weighted by Gasteiger charge is 2.05. The highest BCUT2D eigenvalue weighted by molar-refractivity contribution is 5.79. The quantitative estimate of drug-likeness (QED) is 0.773. The lowest BCUT2D eigenvalue weighted by Gasteiger charge is -2.24. The SMILES string of the molecule is CC(C)N(C=CC(=O)O)Cc1ccccc1. The van der Waals surface area contributed by atoms with E-state index in [4.69, 9.17) is 5.11 Å². The second-order valence-electron chi connectivity index (χ2n) is 3.91. The first-order valence-electron chi connectivity index (χ1n) is 5.30. The van der Waals surface area contributed by atoms with E-state index in [1.54, 1.807) is 6.20 Å². The topological polar surface area (TPSA) is 40.5 Å². The Morgan fingerprint density at radius 2 is 2.00 bits per heavy atom. The van der Waals surface area contributed by atoms with E-state index >= 15 is 0 Å². The van der Waals surface area contributed by atoms with Gasteiger partial charge in [0.15, 0.2) is 0 Å². The average Bonchev–Trinajstić information content (AvgIpc) is 2.25. The predicted octanol–water partition coefficient (Wildman–Crippen LogP) is 2.50. The van der Waals surface area contributed by atoms with Crippen LogP contribution in [0.4, 0.5) is 0 Å². The van der Waals surface area contributed by atoms with Gasteiger partial charge in [0.25, 0.3) is 0 Å². The molecule has 0 saturated carbocycles. The molecule has 1 N–H and O–H groups in total. The summed E-state index contributed by atoms with van der Waals surface area (Å²) in [6.45, 7) is 4.80. The molecule has 16 heavy (non-hydrogen) atoms. The second-order valence-corrected chi connectivity index (χ2v) is 3.91. The molecule has 3 nitrogen and oxygen atoms in total. The zero-order chi connectivity index (χ0) is 12.0. The van der Waals surface area contributed by atoms with Crippen molar-refractivity contribution >= 4 is 5.97 Å². The predicted molar refractivity (Wildman–Crippen MR) is 63.9 cm³/mol. The molecule has 0 aliphatic rings. The van der Waals surface area contributed by atoms with Gasteiger partial charge in [-0.15, -0.1) is 0 Å². The fraction of sp³-hybridized carbons (Fsp3) is 0.308. The van der Waals surface area contributed by atoms with Crippen molar-refractivity contribution in [3.8, 4) is 0 Å². The number of hydrogen-bond acceptors (Lipinski definition) is 2. The molecule has 0 saturated heterocycles. The van der Waals surface area contributed by atoms with Gasteiger partial charge in [0, 0.05) is 24.9 Å². The third-order valence-corrected chi connectivity index (χ3v) is 2.28. The van der Waals surface area contributed by atoms with Crippen molar-refractivity contribution in [1.29, 1.82) is 0 Å².